The van der Waals surface area contributed by atoms with Crippen LogP contribution in [0.1, 0.15) is 0 Å². The third kappa shape index (κ3) is 10.8. The summed E-state index contributed by atoms with van der Waals surface area (Å²) < 4.78 is 31.6. The van der Waals surface area contributed by atoms with Crippen molar-refractivity contribution in [3.05, 3.63) is 30.3 Å². The first kappa shape index (κ1) is 12.8. The van der Waals surface area contributed by atoms with E-state index in [0.29, 0.717) is 0 Å². The van der Waals surface area contributed by atoms with E-state index in [1.165, 1.54) is 0 Å². The Bertz CT molecular complexity index is 328. The predicted octanol–water partition coefficient (Wildman–Crippen LogP) is 1.01. The fourth-order valence-corrected chi connectivity index (χ4v) is 0.624. The summed E-state index contributed by atoms with van der Waals surface area (Å²) in [6, 6.07) is 9.72. The van der Waals surface area contributed by atoms with Gasteiger partial charge in [0, 0.05) is 0 Å². The molecule has 3 N–H and O–H groups in total. The fourth-order valence-electron chi connectivity index (χ4n) is 0.624. The van der Waals surface area contributed by atoms with Crippen LogP contribution in [0.3, 0.4) is 0 Å². The summed E-state index contributed by atoms with van der Waals surface area (Å²) in [6.45, 7) is 0. The van der Waals surface area contributed by atoms with Crippen molar-refractivity contribution in [3.8, 4) is 0 Å². The number of hydrogen-bond donors (Lipinski definition) is 3. The first-order chi connectivity index (χ1) is 6.43. The van der Waals surface area contributed by atoms with Crippen molar-refractivity contribution in [2.75, 3.05) is 12.6 Å². The Morgan fingerprint density at radius 2 is 1.64 bits per heavy atom. The van der Waals surface area contributed by atoms with E-state index in [1.807, 2.05) is 30.3 Å². The van der Waals surface area contributed by atoms with Gasteiger partial charge in [-0.3, -0.25) is 19.4 Å². The average Bonchev–Trinajstić information content (AvgIpc) is 2.03. The summed E-state index contributed by atoms with van der Waals surface area (Å²) in [6.07, 6.45) is 0. The lowest BCUT2D eigenvalue weighted by Crippen LogP contribution is -1.93. The molecule has 1 rings (SSSR count). The Kier molecular flexibility index (Phi) is 5.81. The van der Waals surface area contributed by atoms with Crippen LogP contribution in [0.25, 0.3) is 0 Å². The SMILES string of the molecule is CONc1ccccc1.O=S(=O)(O)O. The van der Waals surface area contributed by atoms with Crippen molar-refractivity contribution in [2.24, 2.45) is 0 Å². The molecule has 0 spiro atoms. The molecule has 0 fully saturated rings. The summed E-state index contributed by atoms with van der Waals surface area (Å²) in [4.78, 5) is 4.68. The molecule has 0 aliphatic heterocycles. The Labute approximate surface area is 82.1 Å². The largest absolute Gasteiger partial charge is 0.394 e. The Morgan fingerprint density at radius 3 is 2.00 bits per heavy atom. The summed E-state index contributed by atoms with van der Waals surface area (Å²) in [5.41, 5.74) is 3.68. The summed E-state index contributed by atoms with van der Waals surface area (Å²) in [5, 5.41) is 0. The minimum atomic E-state index is -4.67. The van der Waals surface area contributed by atoms with Crippen LogP contribution < -0.4 is 5.48 Å². The van der Waals surface area contributed by atoms with Gasteiger partial charge in [0.25, 0.3) is 0 Å². The highest BCUT2D eigenvalue weighted by Gasteiger charge is 1.84. The highest BCUT2D eigenvalue weighted by molar-refractivity contribution is 7.79. The van der Waals surface area contributed by atoms with Crippen molar-refractivity contribution >= 4 is 16.1 Å². The van der Waals surface area contributed by atoms with Gasteiger partial charge in [0.2, 0.25) is 0 Å². The van der Waals surface area contributed by atoms with E-state index in [1.54, 1.807) is 7.11 Å². The zero-order valence-corrected chi connectivity index (χ0v) is 8.23. The third-order valence-corrected chi connectivity index (χ3v) is 0.994. The molecule has 14 heavy (non-hydrogen) atoms. The lowest BCUT2D eigenvalue weighted by molar-refractivity contribution is 0.271. The van der Waals surface area contributed by atoms with Gasteiger partial charge in [0.05, 0.1) is 12.8 Å². The van der Waals surface area contributed by atoms with Crippen LogP contribution in [0.15, 0.2) is 30.3 Å². The van der Waals surface area contributed by atoms with E-state index >= 15 is 0 Å². The van der Waals surface area contributed by atoms with E-state index in [0.717, 1.165) is 5.69 Å². The zero-order valence-electron chi connectivity index (χ0n) is 7.41. The number of anilines is 1. The zero-order chi connectivity index (χ0) is 11.0. The van der Waals surface area contributed by atoms with Crippen LogP contribution >= 0.6 is 0 Å². The van der Waals surface area contributed by atoms with Crippen LogP contribution in [-0.2, 0) is 15.2 Å². The Morgan fingerprint density at radius 1 is 1.21 bits per heavy atom. The van der Waals surface area contributed by atoms with Crippen LogP contribution in [0.4, 0.5) is 5.69 Å². The Hall–Kier alpha value is -1.15. The van der Waals surface area contributed by atoms with E-state index in [4.69, 9.17) is 17.5 Å². The standard InChI is InChI=1S/C7H9NO.H2O4S/c1-9-8-7-5-3-2-4-6-7;1-5(2,3)4/h2-6,8H,1H3;(H2,1,2,3,4). The predicted molar refractivity (Wildman–Crippen MR) is 51.3 cm³/mol. The molecule has 0 unspecified atom stereocenters. The number of nitrogens with one attached hydrogen (secondary N) is 1. The van der Waals surface area contributed by atoms with Crippen LogP contribution in [0.5, 0.6) is 0 Å². The van der Waals surface area contributed by atoms with E-state index in [-0.39, 0.29) is 0 Å². The lowest BCUT2D eigenvalue weighted by Gasteiger charge is -1.99. The first-order valence-electron chi connectivity index (χ1n) is 3.47. The smallest absolute Gasteiger partial charge is 0.279 e. The number of hydrogen-bond acceptors (Lipinski definition) is 4. The molecule has 0 aliphatic carbocycles. The number of benzene rings is 1. The van der Waals surface area contributed by atoms with Gasteiger partial charge >= 0.3 is 10.4 Å². The van der Waals surface area contributed by atoms with E-state index in [2.05, 4.69) is 10.3 Å². The molecule has 0 amide bonds. The second kappa shape index (κ2) is 6.33. The van der Waals surface area contributed by atoms with Gasteiger partial charge in [-0.15, -0.1) is 0 Å². The molecule has 80 valence electrons. The van der Waals surface area contributed by atoms with Gasteiger partial charge in [0.1, 0.15) is 0 Å². The van der Waals surface area contributed by atoms with E-state index < -0.39 is 10.4 Å². The molecule has 0 saturated heterocycles. The summed E-state index contributed by atoms with van der Waals surface area (Å²) in [5.74, 6) is 0. The van der Waals surface area contributed by atoms with Gasteiger partial charge in [-0.25, -0.2) is 0 Å². The minimum Gasteiger partial charge on any atom is -0.279 e. The van der Waals surface area contributed by atoms with Gasteiger partial charge in [-0.05, 0) is 12.1 Å². The van der Waals surface area contributed by atoms with Crippen molar-refractivity contribution in [1.29, 1.82) is 0 Å². The van der Waals surface area contributed by atoms with Gasteiger partial charge in [-0.2, -0.15) is 8.42 Å². The molecule has 0 atom stereocenters. The van der Waals surface area contributed by atoms with Gasteiger partial charge in [0.15, 0.2) is 0 Å². The highest BCUT2D eigenvalue weighted by atomic mass is 32.3. The monoisotopic (exact) mass is 221 g/mol. The minimum absolute atomic E-state index is 0.972. The summed E-state index contributed by atoms with van der Waals surface area (Å²) in [7, 11) is -3.08. The molecule has 6 nitrogen and oxygen atoms in total. The van der Waals surface area contributed by atoms with Crippen molar-refractivity contribution < 1.29 is 22.4 Å². The quantitative estimate of drug-likeness (QED) is 0.509. The molecule has 1 aromatic rings. The molecule has 0 aliphatic rings. The highest BCUT2D eigenvalue weighted by Crippen LogP contribution is 2.03. The Balaban J connectivity index is 0.000000292. The molecule has 0 saturated carbocycles. The topological polar surface area (TPSA) is 95.9 Å². The molecule has 7 heteroatoms. The van der Waals surface area contributed by atoms with Crippen molar-refractivity contribution in [1.82, 2.24) is 0 Å². The number of rotatable bonds is 2. The van der Waals surface area contributed by atoms with Crippen LogP contribution in [0, 0.1) is 0 Å². The normalized spacial score (nSPS) is 9.93. The molecular weight excluding hydrogens is 210 g/mol. The van der Waals surface area contributed by atoms with Crippen molar-refractivity contribution in [2.45, 2.75) is 0 Å². The first-order valence-corrected chi connectivity index (χ1v) is 4.87. The van der Waals surface area contributed by atoms with Crippen LogP contribution in [-0.4, -0.2) is 24.6 Å². The van der Waals surface area contributed by atoms with Gasteiger partial charge in [-0.1, -0.05) is 18.2 Å². The fraction of sp³-hybridized carbons (Fsp3) is 0.143. The molecular formula is C7H11NO5S. The molecule has 1 aromatic carbocycles. The molecule has 0 heterocycles. The maximum atomic E-state index is 8.74. The molecule has 0 aromatic heterocycles. The second-order valence-electron chi connectivity index (χ2n) is 2.12. The maximum Gasteiger partial charge on any atom is 0.394 e. The van der Waals surface area contributed by atoms with Crippen molar-refractivity contribution in [3.63, 3.8) is 0 Å². The van der Waals surface area contributed by atoms with E-state index in [9.17, 15) is 0 Å². The van der Waals surface area contributed by atoms with Gasteiger partial charge < -0.3 is 0 Å². The third-order valence-electron chi connectivity index (χ3n) is 0.994. The lowest BCUT2D eigenvalue weighted by atomic mass is 10.3. The second-order valence-corrected chi connectivity index (χ2v) is 3.02. The maximum absolute atomic E-state index is 8.74. The molecule has 0 bridgehead atoms. The summed E-state index contributed by atoms with van der Waals surface area (Å²) >= 11 is 0. The average molecular weight is 221 g/mol. The molecule has 0 radical (unpaired) electrons. The number of para-hydroxylation sites is 1. The van der Waals surface area contributed by atoms with Crippen LogP contribution in [0.2, 0.25) is 0 Å².